The van der Waals surface area contributed by atoms with Gasteiger partial charge in [0.25, 0.3) is 0 Å². The van der Waals surface area contributed by atoms with Crippen LogP contribution in [0.15, 0.2) is 53.6 Å². The van der Waals surface area contributed by atoms with Crippen molar-refractivity contribution in [2.75, 3.05) is 19.3 Å². The number of Topliss-reactive ketones (excluding diaryl/α,β-unsaturated/α-hetero) is 2. The van der Waals surface area contributed by atoms with E-state index in [1.165, 1.54) is 11.1 Å². The number of allylic oxidation sites excluding steroid dienone is 2. The molecule has 2 aliphatic heterocycles. The zero-order valence-electron chi connectivity index (χ0n) is 40.5. The van der Waals surface area contributed by atoms with Crippen LogP contribution in [0.2, 0.25) is 0 Å². The van der Waals surface area contributed by atoms with Gasteiger partial charge < -0.3 is 36.4 Å². The van der Waals surface area contributed by atoms with Gasteiger partial charge in [0.1, 0.15) is 17.6 Å². The van der Waals surface area contributed by atoms with Gasteiger partial charge in [0.2, 0.25) is 0 Å². The Hall–Kier alpha value is -3.08. The summed E-state index contributed by atoms with van der Waals surface area (Å²) in [6.45, 7) is 14.7. The number of phenols is 1. The lowest BCUT2D eigenvalue weighted by atomic mass is 9.31. The number of anilines is 1. The summed E-state index contributed by atoms with van der Waals surface area (Å²) in [4.78, 5) is 30.8. The van der Waals surface area contributed by atoms with Crippen LogP contribution in [0.5, 0.6) is 5.75 Å². The maximum Gasteiger partial charge on any atom is 0.163 e. The number of benzene rings is 2. The number of hydrogen-bond acceptors (Lipinski definition) is 9. The minimum atomic E-state index is -0.857. The number of ketones is 2. The third-order valence-corrected chi connectivity index (χ3v) is 20.5. The fourth-order valence-corrected chi connectivity index (χ4v) is 18.0. The predicted molar refractivity (Wildman–Crippen MR) is 255 cm³/mol. The number of nitrogen functional groups attached to an aromatic ring is 1. The molecule has 16 atom stereocenters. The van der Waals surface area contributed by atoms with Crippen molar-refractivity contribution in [2.24, 2.45) is 51.2 Å². The Morgan fingerprint density at radius 3 is 2.48 bits per heavy atom. The topological polar surface area (TPSA) is 157 Å². The number of aliphatic hydroxyl groups is 2. The molecule has 10 rings (SSSR count). The Kier molecular flexibility index (Phi) is 11.2. The number of epoxide rings is 1. The van der Waals surface area contributed by atoms with Crippen LogP contribution in [-0.2, 0) is 20.9 Å². The molecule has 0 radical (unpaired) electrons. The summed E-state index contributed by atoms with van der Waals surface area (Å²) in [5, 5.41) is 42.2. The average molecular weight is 890 g/mol. The molecule has 0 unspecified atom stereocenters. The second-order valence-corrected chi connectivity index (χ2v) is 24.3. The van der Waals surface area contributed by atoms with Crippen LogP contribution in [0.3, 0.4) is 0 Å². The Labute approximate surface area is 388 Å². The monoisotopic (exact) mass is 890 g/mol. The molecule has 1 spiro atoms. The normalized spacial score (nSPS) is 44.5. The predicted octanol–water partition coefficient (Wildman–Crippen LogP) is 9.28. The van der Waals surface area contributed by atoms with Crippen molar-refractivity contribution in [3.63, 3.8) is 0 Å². The summed E-state index contributed by atoms with van der Waals surface area (Å²) in [7, 11) is 1.91. The zero-order chi connectivity index (χ0) is 46.1. The van der Waals surface area contributed by atoms with Crippen LogP contribution < -0.4 is 16.4 Å². The van der Waals surface area contributed by atoms with Crippen molar-refractivity contribution in [2.45, 2.75) is 186 Å². The quantitative estimate of drug-likeness (QED) is 0.107. The Bertz CT molecular complexity index is 2260. The van der Waals surface area contributed by atoms with Gasteiger partial charge in [0, 0.05) is 47.5 Å². The number of nitrogens with two attached hydrogens (primary N) is 1. The third-order valence-electron chi connectivity index (χ3n) is 20.5. The highest BCUT2D eigenvalue weighted by Crippen LogP contribution is 2.79. The number of aliphatic hydroxyl groups excluding tert-OH is 1. The highest BCUT2D eigenvalue weighted by atomic mass is 16.6. The summed E-state index contributed by atoms with van der Waals surface area (Å²) in [5.41, 5.74) is 9.86. The molecule has 354 valence electrons. The average Bonchev–Trinajstić information content (AvgIpc) is 3.58. The van der Waals surface area contributed by atoms with E-state index in [0.717, 1.165) is 99.4 Å². The van der Waals surface area contributed by atoms with Gasteiger partial charge in [-0.25, -0.2) is 0 Å². The maximum absolute atomic E-state index is 15.5. The molecule has 9 nitrogen and oxygen atoms in total. The largest absolute Gasteiger partial charge is 0.508 e. The van der Waals surface area contributed by atoms with Gasteiger partial charge in [-0.3, -0.25) is 9.59 Å². The van der Waals surface area contributed by atoms with E-state index in [4.69, 9.17) is 10.5 Å². The smallest absolute Gasteiger partial charge is 0.163 e. The molecular weight excluding hydrogens is 811 g/mol. The van der Waals surface area contributed by atoms with Crippen molar-refractivity contribution in [1.29, 1.82) is 0 Å². The first-order chi connectivity index (χ1) is 30.8. The lowest BCUT2D eigenvalue weighted by molar-refractivity contribution is -0.219. The molecule has 0 aromatic heterocycles. The summed E-state index contributed by atoms with van der Waals surface area (Å²) in [6, 6.07) is 14.1. The van der Waals surface area contributed by atoms with Gasteiger partial charge in [0.15, 0.2) is 5.78 Å². The molecule has 2 aromatic rings. The molecule has 7 N–H and O–H groups in total. The lowest BCUT2D eigenvalue weighted by Crippen LogP contribution is -2.72. The van der Waals surface area contributed by atoms with Crippen LogP contribution in [-0.4, -0.2) is 69.9 Å². The van der Waals surface area contributed by atoms with Crippen molar-refractivity contribution >= 4 is 17.3 Å². The number of carbonyl (C=O) groups excluding carboxylic acids is 2. The molecule has 2 saturated heterocycles. The number of β-amino-alcohol motifs (C(OH)–C–C–N with tert-alkyl or cyclic N) is 1. The van der Waals surface area contributed by atoms with Crippen LogP contribution in [0.1, 0.15) is 166 Å². The van der Waals surface area contributed by atoms with Crippen molar-refractivity contribution < 1.29 is 29.6 Å². The maximum atomic E-state index is 15.5. The Morgan fingerprint density at radius 2 is 1.71 bits per heavy atom. The van der Waals surface area contributed by atoms with Gasteiger partial charge in [-0.05, 0) is 178 Å². The molecule has 2 heterocycles. The van der Waals surface area contributed by atoms with Crippen molar-refractivity contribution in [3.8, 4) is 5.75 Å². The number of rotatable bonds is 9. The first-order valence-corrected chi connectivity index (χ1v) is 25.8. The van der Waals surface area contributed by atoms with Crippen LogP contribution in [0.4, 0.5) is 5.69 Å². The number of nitrogens with one attached hydrogen (secondary N) is 2. The fraction of sp³-hybridized carbons (Fsp3) is 0.714. The second-order valence-electron chi connectivity index (χ2n) is 24.3. The highest BCUT2D eigenvalue weighted by molar-refractivity contribution is 6.03. The zero-order valence-corrected chi connectivity index (χ0v) is 40.5. The molecule has 2 aromatic carbocycles. The van der Waals surface area contributed by atoms with E-state index < -0.39 is 22.7 Å². The number of fused-ring (bicyclic) bond motifs is 1. The summed E-state index contributed by atoms with van der Waals surface area (Å²) in [6.07, 6.45) is 12.4. The van der Waals surface area contributed by atoms with Gasteiger partial charge in [0.05, 0.1) is 17.3 Å². The molecule has 65 heavy (non-hydrogen) atoms. The van der Waals surface area contributed by atoms with Crippen molar-refractivity contribution in [3.05, 3.63) is 70.3 Å². The Balaban J connectivity index is 1.00. The van der Waals surface area contributed by atoms with Gasteiger partial charge in [-0.1, -0.05) is 77.2 Å². The lowest BCUT2D eigenvalue weighted by Gasteiger charge is -2.73. The highest BCUT2D eigenvalue weighted by Gasteiger charge is 2.75. The Morgan fingerprint density at radius 1 is 0.923 bits per heavy atom. The molecule has 9 heteroatoms. The van der Waals surface area contributed by atoms with Crippen LogP contribution in [0.25, 0.3) is 0 Å². The standard InChI is InChI=1S/C56H79N3O6/c1-32(23-44(61)50-55(6,65-50)40-16-11-15-38(40)34-13-10-14-36(57)26-34)46-41-18-19-45-53(4)28-39(35-24-33(30-58-7)25-37(60)27-35)49(63)52(3)21-9-8-20-51(2,64)31-59-43(48(52)53)29-56(45)22-12-17-42(47(46)62)54(41,56)5/h10,13-14,24-27,32,38-40,42-45,48,50,58-61,64H,8-9,11-12,15-23,28-31,57H2,1-7H3/t32-,38+,39-,40-,42+,43+,44-,45-,48+,50-,51-,52-,53+,54-,55-,56+/m1/s1. The summed E-state index contributed by atoms with van der Waals surface area (Å²) >= 11 is 0. The van der Waals surface area contributed by atoms with E-state index in [2.05, 4.69) is 63.5 Å². The number of aromatic hydroxyl groups is 1. The molecule has 6 aliphatic carbocycles. The van der Waals surface area contributed by atoms with E-state index in [1.807, 2.05) is 32.2 Å². The summed E-state index contributed by atoms with van der Waals surface area (Å²) in [5.74, 6) is 1.27. The minimum Gasteiger partial charge on any atom is -0.508 e. The molecule has 7 fully saturated rings. The summed E-state index contributed by atoms with van der Waals surface area (Å²) < 4.78 is 6.57. The van der Waals surface area contributed by atoms with E-state index in [1.54, 1.807) is 6.07 Å². The number of phenolic OH excluding ortho intramolecular Hbond substituents is 1. The van der Waals surface area contributed by atoms with E-state index in [-0.39, 0.29) is 63.7 Å². The van der Waals surface area contributed by atoms with Gasteiger partial charge >= 0.3 is 0 Å². The van der Waals surface area contributed by atoms with Crippen LogP contribution >= 0.6 is 0 Å². The number of carbonyl (C=O) groups is 2. The van der Waals surface area contributed by atoms with Gasteiger partial charge in [-0.15, -0.1) is 0 Å². The fourth-order valence-electron chi connectivity index (χ4n) is 18.0. The van der Waals surface area contributed by atoms with Crippen molar-refractivity contribution in [1.82, 2.24) is 10.6 Å². The number of ether oxygens (including phenoxy) is 1. The molecule has 5 saturated carbocycles. The minimum absolute atomic E-state index is 0.00971. The first-order valence-electron chi connectivity index (χ1n) is 25.8. The molecular formula is C56H79N3O6. The molecule has 0 bridgehead atoms. The second kappa shape index (κ2) is 16.0. The van der Waals surface area contributed by atoms with E-state index in [0.29, 0.717) is 55.8 Å². The van der Waals surface area contributed by atoms with E-state index >= 15 is 9.59 Å². The van der Waals surface area contributed by atoms with Crippen LogP contribution in [0, 0.1) is 51.2 Å². The molecule has 0 amide bonds. The first kappa shape index (κ1) is 45.7. The third kappa shape index (κ3) is 6.91. The van der Waals surface area contributed by atoms with E-state index in [9.17, 15) is 15.3 Å². The SMILES string of the molecule is CNCc1cc(O)cc([C@H]2C[C@@]3(C)[C@H]4CCC5=C([C@H](C)C[C@@H](O)[C@H]6O[C@]6(C)[C@@H]6CCC[C@H]6c6cccc(N)c6)C(=O)[C@@H]6CCC[C@@]4(C[C@@H]4NC[C@](C)(O)CCCC[C@@](C)(C2=O)[C@H]43)[C@]56C)c1. The molecule has 8 aliphatic rings. The van der Waals surface area contributed by atoms with Gasteiger partial charge in [-0.2, -0.15) is 0 Å². The number of hydrogen-bond donors (Lipinski definition) is 6.